The number of esters is 1. The zero-order chi connectivity index (χ0) is 23.7. The third-order valence-electron chi connectivity index (χ3n) is 6.23. The van der Waals surface area contributed by atoms with Crippen LogP contribution in [0.1, 0.15) is 42.9 Å². The maximum absolute atomic E-state index is 13.5. The Hall–Kier alpha value is -3.68. The number of rotatable bonds is 6. The molecule has 0 saturated carbocycles. The summed E-state index contributed by atoms with van der Waals surface area (Å²) in [5, 5.41) is 3.29. The molecule has 2 aliphatic rings. The number of hydrogen-bond donors (Lipinski definition) is 1. The number of methoxy groups -OCH3 is 4. The Kier molecular flexibility index (Phi) is 6.18. The molecule has 1 aromatic carbocycles. The molecule has 0 unspecified atom stereocenters. The summed E-state index contributed by atoms with van der Waals surface area (Å²) in [6.45, 7) is 1.80. The Morgan fingerprint density at radius 3 is 2.33 bits per heavy atom. The highest BCUT2D eigenvalue weighted by atomic mass is 16.5. The third kappa shape index (κ3) is 3.86. The van der Waals surface area contributed by atoms with Crippen LogP contribution in [0, 0.1) is 0 Å². The summed E-state index contributed by atoms with van der Waals surface area (Å²) in [5.74, 6) is 0.823. The van der Waals surface area contributed by atoms with E-state index >= 15 is 0 Å². The van der Waals surface area contributed by atoms with Crippen molar-refractivity contribution in [2.45, 2.75) is 31.6 Å². The van der Waals surface area contributed by atoms with E-state index in [1.165, 1.54) is 28.4 Å². The molecule has 0 saturated heterocycles. The van der Waals surface area contributed by atoms with Gasteiger partial charge in [0, 0.05) is 40.9 Å². The van der Waals surface area contributed by atoms with Crippen LogP contribution in [0.25, 0.3) is 0 Å². The predicted molar refractivity (Wildman–Crippen MR) is 119 cm³/mol. The number of hydrogen-bond acceptors (Lipinski definition) is 8. The largest absolute Gasteiger partial charge is 0.496 e. The van der Waals surface area contributed by atoms with Crippen LogP contribution in [0.3, 0.4) is 0 Å². The summed E-state index contributed by atoms with van der Waals surface area (Å²) in [6, 6.07) is 7.14. The second kappa shape index (κ2) is 9.05. The maximum atomic E-state index is 13.5. The number of carbonyl (C=O) groups excluding carboxylic acids is 2. The fraction of sp³-hybridized carbons (Fsp3) is 0.360. The molecule has 0 radical (unpaired) electrons. The minimum atomic E-state index is -0.687. The van der Waals surface area contributed by atoms with Crippen LogP contribution in [0.4, 0.5) is 0 Å². The summed E-state index contributed by atoms with van der Waals surface area (Å²) < 4.78 is 27.2. The highest BCUT2D eigenvalue weighted by molar-refractivity contribution is 6.04. The number of nitrogens with one attached hydrogen (secondary N) is 1. The first-order valence-electron chi connectivity index (χ1n) is 10.6. The highest BCUT2D eigenvalue weighted by Gasteiger charge is 2.43. The number of dihydropyridines is 1. The topological polar surface area (TPSA) is 96.2 Å². The lowest BCUT2D eigenvalue weighted by Crippen LogP contribution is -2.36. The molecule has 0 amide bonds. The van der Waals surface area contributed by atoms with Gasteiger partial charge < -0.3 is 28.7 Å². The van der Waals surface area contributed by atoms with E-state index in [2.05, 4.69) is 5.32 Å². The second-order valence-corrected chi connectivity index (χ2v) is 7.97. The maximum Gasteiger partial charge on any atom is 0.336 e. The van der Waals surface area contributed by atoms with Gasteiger partial charge >= 0.3 is 5.97 Å². The van der Waals surface area contributed by atoms with Crippen LogP contribution in [0.5, 0.6) is 17.2 Å². The molecule has 8 nitrogen and oxygen atoms in total. The van der Waals surface area contributed by atoms with Gasteiger partial charge in [0.25, 0.3) is 0 Å². The van der Waals surface area contributed by atoms with Gasteiger partial charge in [0.1, 0.15) is 11.5 Å². The number of carbonyl (C=O) groups is 2. The third-order valence-corrected chi connectivity index (χ3v) is 6.23. The minimum Gasteiger partial charge on any atom is -0.496 e. The van der Waals surface area contributed by atoms with Crippen molar-refractivity contribution in [2.24, 2.45) is 0 Å². The standard InChI is InChI=1S/C25H27NO7/c1-13-22(25(28)32-5)23(15-11-20(30-3)21(31-4)12-19(15)29-2)24-16(26-13)9-14(10-17(24)27)18-7-6-8-33-18/h6-8,11-12,14,23,26H,9-10H2,1-5H3/t14-,23+/m0/s1. The molecule has 2 atom stereocenters. The van der Waals surface area contributed by atoms with Gasteiger partial charge in [0.05, 0.1) is 46.2 Å². The molecule has 1 N–H and O–H groups in total. The lowest BCUT2D eigenvalue weighted by atomic mass is 9.72. The fourth-order valence-electron chi connectivity index (χ4n) is 4.73. The number of ether oxygens (including phenoxy) is 4. The fourth-order valence-corrected chi connectivity index (χ4v) is 4.73. The van der Waals surface area contributed by atoms with E-state index in [9.17, 15) is 9.59 Å². The van der Waals surface area contributed by atoms with Crippen LogP contribution in [-0.4, -0.2) is 40.2 Å². The first-order chi connectivity index (χ1) is 15.9. The van der Waals surface area contributed by atoms with Crippen molar-refractivity contribution in [3.63, 3.8) is 0 Å². The Balaban J connectivity index is 1.91. The SMILES string of the molecule is COC(=O)C1=C(C)NC2=C(C(=O)C[C@@H](c3ccco3)C2)[C@@H]1c1cc(OC)c(OC)cc1OC. The average Bonchev–Trinajstić information content (AvgIpc) is 3.36. The lowest BCUT2D eigenvalue weighted by Gasteiger charge is -2.36. The number of benzene rings is 1. The first kappa shape index (κ1) is 22.5. The monoisotopic (exact) mass is 453 g/mol. The van der Waals surface area contributed by atoms with Gasteiger partial charge in [0.2, 0.25) is 0 Å². The van der Waals surface area contributed by atoms with E-state index < -0.39 is 11.9 Å². The molecule has 2 aromatic rings. The van der Waals surface area contributed by atoms with Crippen molar-refractivity contribution in [1.82, 2.24) is 5.32 Å². The van der Waals surface area contributed by atoms with Gasteiger partial charge in [-0.2, -0.15) is 0 Å². The van der Waals surface area contributed by atoms with E-state index in [1.54, 1.807) is 25.3 Å². The number of ketones is 1. The molecule has 0 fully saturated rings. The van der Waals surface area contributed by atoms with E-state index in [0.29, 0.717) is 46.1 Å². The van der Waals surface area contributed by atoms with Crippen molar-refractivity contribution in [3.8, 4) is 17.2 Å². The first-order valence-corrected chi connectivity index (χ1v) is 10.6. The summed E-state index contributed by atoms with van der Waals surface area (Å²) in [4.78, 5) is 26.5. The number of Topliss-reactive ketones (excluding diaryl/α,β-unsaturated/α-hetero) is 1. The summed E-state index contributed by atoms with van der Waals surface area (Å²) in [6.07, 6.45) is 2.45. The zero-order valence-corrected chi connectivity index (χ0v) is 19.3. The molecule has 0 spiro atoms. The van der Waals surface area contributed by atoms with E-state index in [1.807, 2.05) is 12.1 Å². The van der Waals surface area contributed by atoms with Gasteiger partial charge in [-0.1, -0.05) is 0 Å². The summed E-state index contributed by atoms with van der Waals surface area (Å²) >= 11 is 0. The van der Waals surface area contributed by atoms with Crippen LogP contribution < -0.4 is 19.5 Å². The van der Waals surface area contributed by atoms with Crippen LogP contribution >= 0.6 is 0 Å². The number of furan rings is 1. The molecule has 4 rings (SSSR count). The molecule has 1 aliphatic carbocycles. The van der Waals surface area contributed by atoms with Crippen molar-refractivity contribution < 1.29 is 33.0 Å². The zero-order valence-electron chi connectivity index (χ0n) is 19.3. The van der Waals surface area contributed by atoms with Crippen molar-refractivity contribution >= 4 is 11.8 Å². The molecule has 33 heavy (non-hydrogen) atoms. The summed E-state index contributed by atoms with van der Waals surface area (Å²) in [5.41, 5.74) is 2.88. The normalized spacial score (nSPS) is 20.2. The van der Waals surface area contributed by atoms with Crippen LogP contribution in [0.15, 0.2) is 57.5 Å². The van der Waals surface area contributed by atoms with Gasteiger partial charge in [-0.05, 0) is 31.5 Å². The van der Waals surface area contributed by atoms with Crippen molar-refractivity contribution in [3.05, 3.63) is 64.4 Å². The molecular formula is C25H27NO7. The molecule has 2 heterocycles. The smallest absolute Gasteiger partial charge is 0.336 e. The minimum absolute atomic E-state index is 0.0686. The second-order valence-electron chi connectivity index (χ2n) is 7.97. The van der Waals surface area contributed by atoms with Gasteiger partial charge in [-0.3, -0.25) is 4.79 Å². The van der Waals surface area contributed by atoms with Crippen LogP contribution in [-0.2, 0) is 14.3 Å². The summed E-state index contributed by atoms with van der Waals surface area (Å²) in [7, 11) is 5.92. The molecule has 174 valence electrons. The van der Waals surface area contributed by atoms with E-state index in [0.717, 1.165) is 11.5 Å². The van der Waals surface area contributed by atoms with Gasteiger partial charge in [0.15, 0.2) is 17.3 Å². The molecular weight excluding hydrogens is 426 g/mol. The van der Waals surface area contributed by atoms with Gasteiger partial charge in [-0.25, -0.2) is 4.79 Å². The van der Waals surface area contributed by atoms with Crippen LogP contribution in [0.2, 0.25) is 0 Å². The average molecular weight is 453 g/mol. The van der Waals surface area contributed by atoms with E-state index in [4.69, 9.17) is 23.4 Å². The van der Waals surface area contributed by atoms with Gasteiger partial charge in [-0.15, -0.1) is 0 Å². The van der Waals surface area contributed by atoms with Crippen molar-refractivity contribution in [1.29, 1.82) is 0 Å². The Labute approximate surface area is 192 Å². The van der Waals surface area contributed by atoms with Crippen molar-refractivity contribution in [2.75, 3.05) is 28.4 Å². The highest BCUT2D eigenvalue weighted by Crippen LogP contribution is 2.49. The van der Waals surface area contributed by atoms with E-state index in [-0.39, 0.29) is 18.1 Å². The Morgan fingerprint density at radius 2 is 1.73 bits per heavy atom. The molecule has 1 aliphatic heterocycles. The Morgan fingerprint density at radius 1 is 1.03 bits per heavy atom. The molecule has 0 bridgehead atoms. The lowest BCUT2D eigenvalue weighted by molar-refractivity contribution is -0.136. The predicted octanol–water partition coefficient (Wildman–Crippen LogP) is 3.84. The molecule has 8 heteroatoms. The number of allylic oxidation sites excluding steroid dienone is 3. The Bertz CT molecular complexity index is 1140. The quantitative estimate of drug-likeness (QED) is 0.659. The molecule has 1 aromatic heterocycles.